The molecule has 160 valence electrons. The summed E-state index contributed by atoms with van der Waals surface area (Å²) in [5.74, 6) is 0.651. The minimum Gasteiger partial charge on any atom is -0.457 e. The number of benzene rings is 2. The fraction of sp³-hybridized carbons (Fsp3) is 0.167. The van der Waals surface area contributed by atoms with Gasteiger partial charge in [0, 0.05) is 12.7 Å². The third kappa shape index (κ3) is 5.03. The minimum absolute atomic E-state index is 0. The molecular weight excluding hydrogens is 417 g/mol. The summed E-state index contributed by atoms with van der Waals surface area (Å²) in [5, 5.41) is 3.47. The summed E-state index contributed by atoms with van der Waals surface area (Å²) in [6.45, 7) is 2.31. The van der Waals surface area contributed by atoms with E-state index in [0.717, 1.165) is 11.3 Å². The predicted molar refractivity (Wildman–Crippen MR) is 120 cm³/mol. The smallest absolute Gasteiger partial charge is 0.270 e. The summed E-state index contributed by atoms with van der Waals surface area (Å²) in [6, 6.07) is 16.7. The Bertz CT molecular complexity index is 1190. The van der Waals surface area contributed by atoms with Gasteiger partial charge < -0.3 is 10.1 Å². The summed E-state index contributed by atoms with van der Waals surface area (Å²) < 4.78 is 20.4. The molecule has 0 saturated heterocycles. The molecule has 2 aromatic heterocycles. The van der Waals surface area contributed by atoms with Crippen LogP contribution in [0.1, 0.15) is 36.1 Å². The van der Waals surface area contributed by atoms with Gasteiger partial charge in [-0.2, -0.15) is 0 Å². The fourth-order valence-corrected chi connectivity index (χ4v) is 3.30. The number of rotatable bonds is 6. The van der Waals surface area contributed by atoms with Gasteiger partial charge in [0.1, 0.15) is 28.7 Å². The molecular formula is C24H23ClFN3O2. The van der Waals surface area contributed by atoms with Crippen molar-refractivity contribution in [2.24, 2.45) is 0 Å². The molecule has 1 amide bonds. The van der Waals surface area contributed by atoms with Crippen molar-refractivity contribution in [3.05, 3.63) is 94.7 Å². The average molecular weight is 440 g/mol. The van der Waals surface area contributed by atoms with Crippen molar-refractivity contribution < 1.29 is 13.9 Å². The lowest BCUT2D eigenvalue weighted by Crippen LogP contribution is -2.25. The number of nitrogens with one attached hydrogen (secondary N) is 1. The minimum atomic E-state index is -0.312. The Kier molecular flexibility index (Phi) is 6.92. The van der Waals surface area contributed by atoms with Gasteiger partial charge in [-0.3, -0.25) is 9.20 Å². The number of fused-ring (bicyclic) bond motifs is 1. The number of ether oxygens (including phenoxy) is 1. The second kappa shape index (κ2) is 9.62. The van der Waals surface area contributed by atoms with Crippen molar-refractivity contribution in [3.63, 3.8) is 0 Å². The summed E-state index contributed by atoms with van der Waals surface area (Å²) in [6.07, 6.45) is 2.33. The van der Waals surface area contributed by atoms with E-state index in [1.807, 2.05) is 19.1 Å². The van der Waals surface area contributed by atoms with Crippen molar-refractivity contribution in [1.82, 2.24) is 14.7 Å². The third-order valence-corrected chi connectivity index (χ3v) is 4.85. The van der Waals surface area contributed by atoms with E-state index < -0.39 is 0 Å². The van der Waals surface area contributed by atoms with E-state index in [1.165, 1.54) is 12.1 Å². The first-order chi connectivity index (χ1) is 14.5. The highest BCUT2D eigenvalue weighted by molar-refractivity contribution is 6.30. The summed E-state index contributed by atoms with van der Waals surface area (Å²) >= 11 is 6.09. The monoisotopic (exact) mass is 439 g/mol. The van der Waals surface area contributed by atoms with E-state index >= 15 is 0 Å². The highest BCUT2D eigenvalue weighted by Gasteiger charge is 2.18. The Labute approximate surface area is 185 Å². The zero-order valence-electron chi connectivity index (χ0n) is 16.2. The molecule has 0 aliphatic heterocycles. The van der Waals surface area contributed by atoms with Gasteiger partial charge in [0.25, 0.3) is 5.91 Å². The van der Waals surface area contributed by atoms with Crippen molar-refractivity contribution in [1.29, 1.82) is 0 Å². The number of pyridine rings is 1. The Morgan fingerprint density at radius 2 is 1.71 bits per heavy atom. The van der Waals surface area contributed by atoms with Gasteiger partial charge >= 0.3 is 0 Å². The van der Waals surface area contributed by atoms with Crippen LogP contribution in [0.3, 0.4) is 0 Å². The highest BCUT2D eigenvalue weighted by atomic mass is 35.5. The lowest BCUT2D eigenvalue weighted by Gasteiger charge is -2.09. The SMILES string of the molecule is C.CCc1nc2ccc(Cl)cn2c1C(=O)NCc1ccc(Oc2ccc(F)cc2)cc1. The average Bonchev–Trinajstić information content (AvgIpc) is 3.12. The van der Waals surface area contributed by atoms with Gasteiger partial charge in [-0.1, -0.05) is 38.1 Å². The van der Waals surface area contributed by atoms with E-state index in [9.17, 15) is 9.18 Å². The third-order valence-electron chi connectivity index (χ3n) is 4.63. The van der Waals surface area contributed by atoms with E-state index in [0.29, 0.717) is 40.8 Å². The van der Waals surface area contributed by atoms with Crippen LogP contribution in [0.4, 0.5) is 4.39 Å². The molecule has 0 fully saturated rings. The van der Waals surface area contributed by atoms with Crippen LogP contribution in [0.5, 0.6) is 11.5 Å². The summed E-state index contributed by atoms with van der Waals surface area (Å²) in [5.41, 5.74) is 2.81. The van der Waals surface area contributed by atoms with E-state index in [1.54, 1.807) is 47.0 Å². The number of imidazole rings is 1. The highest BCUT2D eigenvalue weighted by Crippen LogP contribution is 2.22. The van der Waals surface area contributed by atoms with Gasteiger partial charge in [0.2, 0.25) is 0 Å². The molecule has 5 nitrogen and oxygen atoms in total. The number of aromatic nitrogens is 2. The van der Waals surface area contributed by atoms with Crippen LogP contribution < -0.4 is 10.1 Å². The van der Waals surface area contributed by atoms with Crippen LogP contribution in [0, 0.1) is 5.82 Å². The van der Waals surface area contributed by atoms with Crippen LogP contribution in [0.25, 0.3) is 5.65 Å². The lowest BCUT2D eigenvalue weighted by atomic mass is 10.2. The van der Waals surface area contributed by atoms with Gasteiger partial charge in [-0.15, -0.1) is 0 Å². The zero-order valence-corrected chi connectivity index (χ0v) is 17.0. The molecule has 4 aromatic rings. The number of hydrogen-bond donors (Lipinski definition) is 1. The topological polar surface area (TPSA) is 55.6 Å². The maximum atomic E-state index is 13.0. The molecule has 7 heteroatoms. The van der Waals surface area contributed by atoms with Crippen LogP contribution in [0.2, 0.25) is 5.02 Å². The molecule has 4 rings (SSSR count). The Morgan fingerprint density at radius 1 is 1.06 bits per heavy atom. The van der Waals surface area contributed by atoms with Crippen molar-refractivity contribution in [2.75, 3.05) is 0 Å². The molecule has 0 bridgehead atoms. The normalized spacial score (nSPS) is 10.5. The number of hydrogen-bond acceptors (Lipinski definition) is 3. The Morgan fingerprint density at radius 3 is 2.35 bits per heavy atom. The number of amides is 1. The van der Waals surface area contributed by atoms with Crippen molar-refractivity contribution in [2.45, 2.75) is 27.3 Å². The maximum Gasteiger partial charge on any atom is 0.270 e. The molecule has 0 atom stereocenters. The van der Waals surface area contributed by atoms with Gasteiger partial charge in [-0.25, -0.2) is 9.37 Å². The van der Waals surface area contributed by atoms with E-state index in [-0.39, 0.29) is 19.2 Å². The molecule has 31 heavy (non-hydrogen) atoms. The molecule has 0 aliphatic carbocycles. The number of nitrogens with zero attached hydrogens (tertiary/aromatic N) is 2. The first-order valence-electron chi connectivity index (χ1n) is 9.50. The number of carbonyl (C=O) groups excluding carboxylic acids is 1. The van der Waals surface area contributed by atoms with Gasteiger partial charge in [-0.05, 0) is 60.5 Å². The fourth-order valence-electron chi connectivity index (χ4n) is 3.13. The number of aryl methyl sites for hydroxylation is 1. The molecule has 2 heterocycles. The maximum absolute atomic E-state index is 13.0. The van der Waals surface area contributed by atoms with Gasteiger partial charge in [0.05, 0.1) is 10.7 Å². The van der Waals surface area contributed by atoms with E-state index in [4.69, 9.17) is 16.3 Å². The van der Waals surface area contributed by atoms with Crippen molar-refractivity contribution >= 4 is 23.2 Å². The largest absolute Gasteiger partial charge is 0.457 e. The molecule has 0 radical (unpaired) electrons. The van der Waals surface area contributed by atoms with Crippen LogP contribution in [-0.4, -0.2) is 15.3 Å². The molecule has 1 N–H and O–H groups in total. The van der Waals surface area contributed by atoms with Crippen LogP contribution in [-0.2, 0) is 13.0 Å². The first kappa shape index (κ1) is 22.3. The van der Waals surface area contributed by atoms with Gasteiger partial charge in [0.15, 0.2) is 0 Å². The quantitative estimate of drug-likeness (QED) is 0.398. The number of halogens is 2. The summed E-state index contributed by atoms with van der Waals surface area (Å²) in [4.78, 5) is 17.4. The zero-order chi connectivity index (χ0) is 21.1. The molecule has 0 aliphatic rings. The van der Waals surface area contributed by atoms with E-state index in [2.05, 4.69) is 10.3 Å². The summed E-state index contributed by atoms with van der Waals surface area (Å²) in [7, 11) is 0. The molecule has 2 aromatic carbocycles. The first-order valence-corrected chi connectivity index (χ1v) is 9.88. The van der Waals surface area contributed by atoms with Crippen molar-refractivity contribution in [3.8, 4) is 11.5 Å². The molecule has 0 spiro atoms. The Hall–Kier alpha value is -3.38. The van der Waals surface area contributed by atoms with Crippen LogP contribution >= 0.6 is 11.6 Å². The molecule has 0 saturated carbocycles. The van der Waals surface area contributed by atoms with Crippen LogP contribution in [0.15, 0.2) is 66.9 Å². The Balaban J connectivity index is 0.00000272. The second-order valence-electron chi connectivity index (χ2n) is 6.72. The lowest BCUT2D eigenvalue weighted by molar-refractivity contribution is 0.0944. The standard InChI is InChI=1S/C23H19ClFN3O2.CH4/c1-2-20-22(28-14-16(24)5-12-21(28)27-20)23(29)26-13-15-3-8-18(9-4-15)30-19-10-6-17(25)7-11-19;/h3-12,14H,2,13H2,1H3,(H,26,29);1H4. The number of carbonyl (C=O) groups is 1. The second-order valence-corrected chi connectivity index (χ2v) is 7.16. The molecule has 0 unspecified atom stereocenters. The predicted octanol–water partition coefficient (Wildman–Crippen LogP) is 6.05.